The van der Waals surface area contributed by atoms with Crippen LogP contribution in [0.1, 0.15) is 25.3 Å². The van der Waals surface area contributed by atoms with Gasteiger partial charge in [-0.05, 0) is 51.2 Å². The van der Waals surface area contributed by atoms with Gasteiger partial charge in [0.15, 0.2) is 0 Å². The van der Waals surface area contributed by atoms with Crippen molar-refractivity contribution in [1.29, 1.82) is 0 Å². The first kappa shape index (κ1) is 13.5. The van der Waals surface area contributed by atoms with Crippen LogP contribution in [-0.2, 0) is 5.41 Å². The fourth-order valence-electron chi connectivity index (χ4n) is 3.07. The zero-order chi connectivity index (χ0) is 13.0. The maximum atomic E-state index is 14.1. The molecule has 2 nitrogen and oxygen atoms in total. The molecule has 1 saturated heterocycles. The maximum Gasteiger partial charge on any atom is 0.127 e. The molecule has 0 saturated carbocycles. The van der Waals surface area contributed by atoms with E-state index in [-0.39, 0.29) is 11.2 Å². The first-order chi connectivity index (χ1) is 8.72. The summed E-state index contributed by atoms with van der Waals surface area (Å²) in [5.41, 5.74) is 0.848. The highest BCUT2D eigenvalue weighted by molar-refractivity contribution is 5.28. The van der Waals surface area contributed by atoms with Crippen LogP contribution in [0.3, 0.4) is 0 Å². The molecule has 0 atom stereocenters. The van der Waals surface area contributed by atoms with E-state index in [0.717, 1.165) is 44.6 Å². The summed E-state index contributed by atoms with van der Waals surface area (Å²) >= 11 is 0. The standard InChI is InChI=1S/C15H23FN2/c1-3-18-10-8-15(9-11-18,12-17-2)13-6-4-5-7-14(13)16/h4-7,17H,3,8-12H2,1-2H3. The third-order valence-corrected chi connectivity index (χ3v) is 4.22. The van der Waals surface area contributed by atoms with Crippen LogP contribution in [-0.4, -0.2) is 38.1 Å². The molecular weight excluding hydrogens is 227 g/mol. The van der Waals surface area contributed by atoms with Crippen molar-refractivity contribution in [3.8, 4) is 0 Å². The van der Waals surface area contributed by atoms with E-state index in [9.17, 15) is 4.39 Å². The smallest absolute Gasteiger partial charge is 0.127 e. The fourth-order valence-corrected chi connectivity index (χ4v) is 3.07. The Morgan fingerprint density at radius 2 is 1.94 bits per heavy atom. The van der Waals surface area contributed by atoms with Crippen molar-refractivity contribution >= 4 is 0 Å². The van der Waals surface area contributed by atoms with Gasteiger partial charge < -0.3 is 10.2 Å². The Hall–Kier alpha value is -0.930. The highest BCUT2D eigenvalue weighted by Gasteiger charge is 2.36. The molecule has 1 aliphatic rings. The van der Waals surface area contributed by atoms with E-state index in [1.807, 2.05) is 19.2 Å². The fraction of sp³-hybridized carbons (Fsp3) is 0.600. The normalized spacial score (nSPS) is 19.9. The van der Waals surface area contributed by atoms with Crippen LogP contribution in [0.25, 0.3) is 0 Å². The van der Waals surface area contributed by atoms with Crippen molar-refractivity contribution in [2.24, 2.45) is 0 Å². The number of rotatable bonds is 4. The summed E-state index contributed by atoms with van der Waals surface area (Å²) in [5, 5.41) is 3.25. The molecule has 1 aliphatic heterocycles. The van der Waals surface area contributed by atoms with Gasteiger partial charge in [0.25, 0.3) is 0 Å². The van der Waals surface area contributed by atoms with Crippen LogP contribution < -0.4 is 5.32 Å². The molecule has 1 fully saturated rings. The Bertz CT molecular complexity index is 384. The summed E-state index contributed by atoms with van der Waals surface area (Å²) in [6, 6.07) is 7.25. The second-order valence-corrected chi connectivity index (χ2v) is 5.22. The average Bonchev–Trinajstić information content (AvgIpc) is 2.40. The molecule has 3 heteroatoms. The van der Waals surface area contributed by atoms with E-state index in [2.05, 4.69) is 17.1 Å². The number of nitrogens with zero attached hydrogens (tertiary/aromatic N) is 1. The van der Waals surface area contributed by atoms with Crippen LogP contribution >= 0.6 is 0 Å². The van der Waals surface area contributed by atoms with Gasteiger partial charge in [-0.3, -0.25) is 0 Å². The Balaban J connectivity index is 2.26. The minimum atomic E-state index is -0.0577. The van der Waals surface area contributed by atoms with E-state index in [0.29, 0.717) is 0 Å². The van der Waals surface area contributed by atoms with Crippen molar-refractivity contribution in [3.63, 3.8) is 0 Å². The first-order valence-corrected chi connectivity index (χ1v) is 6.84. The lowest BCUT2D eigenvalue weighted by Gasteiger charge is -2.42. The predicted molar refractivity (Wildman–Crippen MR) is 73.4 cm³/mol. The lowest BCUT2D eigenvalue weighted by molar-refractivity contribution is 0.161. The number of hydrogen-bond acceptors (Lipinski definition) is 2. The van der Waals surface area contributed by atoms with Crippen molar-refractivity contribution in [1.82, 2.24) is 10.2 Å². The third kappa shape index (κ3) is 2.57. The van der Waals surface area contributed by atoms with Gasteiger partial charge in [-0.25, -0.2) is 4.39 Å². The van der Waals surface area contributed by atoms with E-state index < -0.39 is 0 Å². The number of hydrogen-bond donors (Lipinski definition) is 1. The van der Waals surface area contributed by atoms with Crippen LogP contribution in [0.4, 0.5) is 4.39 Å². The molecular formula is C15H23FN2. The van der Waals surface area contributed by atoms with Gasteiger partial charge in [0.2, 0.25) is 0 Å². The number of nitrogens with one attached hydrogen (secondary N) is 1. The van der Waals surface area contributed by atoms with E-state index in [1.165, 1.54) is 0 Å². The number of likely N-dealkylation sites (tertiary alicyclic amines) is 1. The summed E-state index contributed by atoms with van der Waals surface area (Å²) < 4.78 is 14.1. The van der Waals surface area contributed by atoms with Crippen LogP contribution in [0, 0.1) is 5.82 Å². The number of piperidine rings is 1. The third-order valence-electron chi connectivity index (χ3n) is 4.22. The Labute approximate surface area is 109 Å². The van der Waals surface area contributed by atoms with Gasteiger partial charge in [-0.1, -0.05) is 25.1 Å². The van der Waals surface area contributed by atoms with Crippen molar-refractivity contribution < 1.29 is 4.39 Å². The highest BCUT2D eigenvalue weighted by Crippen LogP contribution is 2.36. The molecule has 100 valence electrons. The summed E-state index contributed by atoms with van der Waals surface area (Å²) in [6.45, 7) is 6.26. The first-order valence-electron chi connectivity index (χ1n) is 6.84. The molecule has 0 bridgehead atoms. The lowest BCUT2D eigenvalue weighted by Crippen LogP contribution is -2.47. The molecule has 18 heavy (non-hydrogen) atoms. The van der Waals surface area contributed by atoms with Crippen molar-refractivity contribution in [2.75, 3.05) is 33.2 Å². The van der Waals surface area contributed by atoms with Gasteiger partial charge >= 0.3 is 0 Å². The largest absolute Gasteiger partial charge is 0.319 e. The van der Waals surface area contributed by atoms with E-state index >= 15 is 0 Å². The SMILES string of the molecule is CCN1CCC(CNC)(c2ccccc2F)CC1. The van der Waals surface area contributed by atoms with Gasteiger partial charge in [-0.15, -0.1) is 0 Å². The second-order valence-electron chi connectivity index (χ2n) is 5.22. The molecule has 0 aliphatic carbocycles. The second kappa shape index (κ2) is 5.81. The monoisotopic (exact) mass is 250 g/mol. The minimum absolute atomic E-state index is 0.0359. The molecule has 1 aromatic rings. The molecule has 0 unspecified atom stereocenters. The summed E-state index contributed by atoms with van der Waals surface area (Å²) in [7, 11) is 1.95. The molecule has 1 N–H and O–H groups in total. The van der Waals surface area contributed by atoms with Crippen molar-refractivity contribution in [2.45, 2.75) is 25.2 Å². The van der Waals surface area contributed by atoms with Crippen molar-refractivity contribution in [3.05, 3.63) is 35.6 Å². The van der Waals surface area contributed by atoms with Gasteiger partial charge in [-0.2, -0.15) is 0 Å². The molecule has 0 spiro atoms. The quantitative estimate of drug-likeness (QED) is 0.882. The molecule has 0 aromatic heterocycles. The summed E-state index contributed by atoms with van der Waals surface area (Å²) in [5.74, 6) is -0.0577. The van der Waals surface area contributed by atoms with Gasteiger partial charge in [0.05, 0.1) is 0 Å². The zero-order valence-electron chi connectivity index (χ0n) is 11.4. The molecule has 1 aromatic carbocycles. The zero-order valence-corrected chi connectivity index (χ0v) is 11.4. The molecule has 0 radical (unpaired) electrons. The molecule has 0 amide bonds. The van der Waals surface area contributed by atoms with Gasteiger partial charge in [0, 0.05) is 12.0 Å². The van der Waals surface area contributed by atoms with Crippen LogP contribution in [0.5, 0.6) is 0 Å². The van der Waals surface area contributed by atoms with Crippen LogP contribution in [0.2, 0.25) is 0 Å². The molecule has 1 heterocycles. The minimum Gasteiger partial charge on any atom is -0.319 e. The summed E-state index contributed by atoms with van der Waals surface area (Å²) in [6.07, 6.45) is 2.06. The number of halogens is 1. The number of benzene rings is 1. The Morgan fingerprint density at radius 1 is 1.28 bits per heavy atom. The number of likely N-dealkylation sites (N-methyl/N-ethyl adjacent to an activating group) is 1. The highest BCUT2D eigenvalue weighted by atomic mass is 19.1. The van der Waals surface area contributed by atoms with Gasteiger partial charge in [0.1, 0.15) is 5.82 Å². The van der Waals surface area contributed by atoms with Crippen LogP contribution in [0.15, 0.2) is 24.3 Å². The lowest BCUT2D eigenvalue weighted by atomic mass is 9.72. The maximum absolute atomic E-state index is 14.1. The Kier molecular flexibility index (Phi) is 4.36. The predicted octanol–water partition coefficient (Wildman–Crippen LogP) is 2.40. The Morgan fingerprint density at radius 3 is 2.50 bits per heavy atom. The molecule has 2 rings (SSSR count). The average molecular weight is 250 g/mol. The van der Waals surface area contributed by atoms with E-state index in [1.54, 1.807) is 12.1 Å². The van der Waals surface area contributed by atoms with E-state index in [4.69, 9.17) is 0 Å². The summed E-state index contributed by atoms with van der Waals surface area (Å²) in [4.78, 5) is 2.44. The topological polar surface area (TPSA) is 15.3 Å².